The first kappa shape index (κ1) is 18.7. The summed E-state index contributed by atoms with van der Waals surface area (Å²) in [5, 5.41) is 0. The molecule has 2 radical (unpaired) electrons. The molecular formula is C19H36. The molecule has 0 heterocycles. The summed E-state index contributed by atoms with van der Waals surface area (Å²) < 4.78 is 0. The molecule has 0 aromatic rings. The average Bonchev–Trinajstić information content (AvgIpc) is 2.43. The van der Waals surface area contributed by atoms with Crippen molar-refractivity contribution >= 4 is 0 Å². The molecule has 0 aliphatic rings. The van der Waals surface area contributed by atoms with E-state index >= 15 is 0 Å². The number of hydrogen-bond acceptors (Lipinski definition) is 0. The SMILES string of the molecule is C[C]C=CCCCCCCCCCCCCCCC. The maximum absolute atomic E-state index is 3.03. The maximum atomic E-state index is 3.03. The average molecular weight is 264 g/mol. The highest BCUT2D eigenvalue weighted by Crippen LogP contribution is 2.12. The van der Waals surface area contributed by atoms with Crippen LogP contribution in [0.4, 0.5) is 0 Å². The molecule has 0 aliphatic carbocycles. The molecule has 0 amide bonds. The lowest BCUT2D eigenvalue weighted by atomic mass is 10.0. The van der Waals surface area contributed by atoms with E-state index in [9.17, 15) is 0 Å². The minimum absolute atomic E-state index is 1.23. The second kappa shape index (κ2) is 17.7. The molecule has 0 spiro atoms. The Morgan fingerprint density at radius 2 is 1.05 bits per heavy atom. The molecule has 0 nitrogen and oxygen atoms in total. The fourth-order valence-electron chi connectivity index (χ4n) is 2.48. The number of rotatable bonds is 15. The number of unbranched alkanes of at least 4 members (excludes halogenated alkanes) is 13. The molecule has 0 saturated heterocycles. The molecule has 0 N–H and O–H groups in total. The third-order valence-corrected chi connectivity index (χ3v) is 3.76. The molecule has 0 atom stereocenters. The maximum Gasteiger partial charge on any atom is 0.00470 e. The molecule has 112 valence electrons. The van der Waals surface area contributed by atoms with E-state index in [1.165, 1.54) is 89.9 Å². The zero-order valence-corrected chi connectivity index (χ0v) is 13.6. The lowest BCUT2D eigenvalue weighted by Gasteiger charge is -2.02. The van der Waals surface area contributed by atoms with Gasteiger partial charge in [0.1, 0.15) is 0 Å². The van der Waals surface area contributed by atoms with Gasteiger partial charge >= 0.3 is 0 Å². The zero-order chi connectivity index (χ0) is 14.0. The van der Waals surface area contributed by atoms with Gasteiger partial charge in [-0.15, -0.1) is 0 Å². The van der Waals surface area contributed by atoms with Crippen LogP contribution in [-0.4, -0.2) is 0 Å². The Bertz CT molecular complexity index is 169. The number of hydrogen-bond donors (Lipinski definition) is 0. The van der Waals surface area contributed by atoms with Crippen LogP contribution < -0.4 is 0 Å². The third-order valence-electron chi connectivity index (χ3n) is 3.76. The van der Waals surface area contributed by atoms with Gasteiger partial charge in [0.2, 0.25) is 0 Å². The Balaban J connectivity index is 2.93. The van der Waals surface area contributed by atoms with Crippen LogP contribution in [0.2, 0.25) is 0 Å². The molecule has 0 aromatic heterocycles. The van der Waals surface area contributed by atoms with Gasteiger partial charge in [0.05, 0.1) is 0 Å². The topological polar surface area (TPSA) is 0 Å². The molecule has 0 bridgehead atoms. The van der Waals surface area contributed by atoms with Crippen molar-refractivity contribution in [3.05, 3.63) is 18.6 Å². The van der Waals surface area contributed by atoms with Crippen molar-refractivity contribution in [2.75, 3.05) is 0 Å². The van der Waals surface area contributed by atoms with Crippen molar-refractivity contribution in [2.24, 2.45) is 0 Å². The summed E-state index contributed by atoms with van der Waals surface area (Å²) in [7, 11) is 0. The van der Waals surface area contributed by atoms with Crippen molar-refractivity contribution in [3.63, 3.8) is 0 Å². The van der Waals surface area contributed by atoms with Crippen molar-refractivity contribution in [1.29, 1.82) is 0 Å². The highest BCUT2D eigenvalue weighted by atomic mass is 14.0. The molecule has 0 aromatic carbocycles. The summed E-state index contributed by atoms with van der Waals surface area (Å²) in [5.41, 5.74) is 0. The first-order valence-electron chi connectivity index (χ1n) is 8.74. The van der Waals surface area contributed by atoms with Gasteiger partial charge in [-0.05, 0) is 12.8 Å². The van der Waals surface area contributed by atoms with Gasteiger partial charge in [-0.1, -0.05) is 103 Å². The molecular weight excluding hydrogens is 228 g/mol. The van der Waals surface area contributed by atoms with Gasteiger partial charge in [0.25, 0.3) is 0 Å². The van der Waals surface area contributed by atoms with Gasteiger partial charge in [-0.3, -0.25) is 0 Å². The molecule has 0 heteroatoms. The van der Waals surface area contributed by atoms with Crippen molar-refractivity contribution in [1.82, 2.24) is 0 Å². The molecule has 0 saturated carbocycles. The minimum Gasteiger partial charge on any atom is -0.0879 e. The zero-order valence-electron chi connectivity index (χ0n) is 13.6. The van der Waals surface area contributed by atoms with Crippen LogP contribution in [0, 0.1) is 6.42 Å². The van der Waals surface area contributed by atoms with Gasteiger partial charge in [-0.2, -0.15) is 0 Å². The van der Waals surface area contributed by atoms with E-state index in [2.05, 4.69) is 19.4 Å². The van der Waals surface area contributed by atoms with Gasteiger partial charge in [0, 0.05) is 6.42 Å². The summed E-state index contributed by atoms with van der Waals surface area (Å²) in [4.78, 5) is 0. The van der Waals surface area contributed by atoms with Crippen molar-refractivity contribution in [2.45, 2.75) is 104 Å². The Morgan fingerprint density at radius 1 is 0.632 bits per heavy atom. The predicted octanol–water partition coefficient (Wildman–Crippen LogP) is 7.13. The van der Waals surface area contributed by atoms with Crippen LogP contribution in [-0.2, 0) is 0 Å². The quantitative estimate of drug-likeness (QED) is 0.276. The Kier molecular flexibility index (Phi) is 17.5. The van der Waals surface area contributed by atoms with E-state index in [-0.39, 0.29) is 0 Å². The van der Waals surface area contributed by atoms with Crippen molar-refractivity contribution in [3.8, 4) is 0 Å². The van der Waals surface area contributed by atoms with E-state index in [0.717, 1.165) is 0 Å². The largest absolute Gasteiger partial charge is 0.0879 e. The summed E-state index contributed by atoms with van der Waals surface area (Å²) in [6.07, 6.45) is 27.3. The minimum atomic E-state index is 1.23. The standard InChI is InChI=1S/C19H36/c1-3-5-7-9-11-13-15-17-19-18-16-14-12-10-8-6-4-2/h6,8H,3,5,7,9-19H2,1-2H3. The van der Waals surface area contributed by atoms with E-state index < -0.39 is 0 Å². The molecule has 0 aliphatic heterocycles. The lowest BCUT2D eigenvalue weighted by molar-refractivity contribution is 0.540. The molecule has 0 fully saturated rings. The van der Waals surface area contributed by atoms with Gasteiger partial charge in [-0.25, -0.2) is 0 Å². The second-order valence-corrected chi connectivity index (χ2v) is 5.72. The number of allylic oxidation sites excluding steroid dienone is 2. The summed E-state index contributed by atoms with van der Waals surface area (Å²) >= 11 is 0. The van der Waals surface area contributed by atoms with Crippen LogP contribution in [0.5, 0.6) is 0 Å². The third kappa shape index (κ3) is 17.7. The fourth-order valence-corrected chi connectivity index (χ4v) is 2.48. The second-order valence-electron chi connectivity index (χ2n) is 5.72. The Morgan fingerprint density at radius 3 is 1.47 bits per heavy atom. The highest BCUT2D eigenvalue weighted by Gasteiger charge is 1.93. The highest BCUT2D eigenvalue weighted by molar-refractivity contribution is 4.91. The summed E-state index contributed by atoms with van der Waals surface area (Å²) in [6.45, 7) is 4.25. The van der Waals surface area contributed by atoms with Crippen LogP contribution in [0.1, 0.15) is 104 Å². The van der Waals surface area contributed by atoms with Crippen molar-refractivity contribution < 1.29 is 0 Å². The molecule has 0 unspecified atom stereocenters. The van der Waals surface area contributed by atoms with E-state index in [4.69, 9.17) is 0 Å². The smallest absolute Gasteiger partial charge is 0.00470 e. The van der Waals surface area contributed by atoms with E-state index in [0.29, 0.717) is 0 Å². The first-order valence-corrected chi connectivity index (χ1v) is 8.74. The fraction of sp³-hybridized carbons (Fsp3) is 0.842. The summed E-state index contributed by atoms with van der Waals surface area (Å²) in [5.74, 6) is 0. The lowest BCUT2D eigenvalue weighted by Crippen LogP contribution is -1.82. The van der Waals surface area contributed by atoms with Crippen LogP contribution >= 0.6 is 0 Å². The molecule has 19 heavy (non-hydrogen) atoms. The van der Waals surface area contributed by atoms with Crippen LogP contribution in [0.25, 0.3) is 0 Å². The van der Waals surface area contributed by atoms with E-state index in [1.54, 1.807) is 0 Å². The monoisotopic (exact) mass is 264 g/mol. The first-order chi connectivity index (χ1) is 9.41. The Labute approximate surface area is 123 Å². The van der Waals surface area contributed by atoms with Gasteiger partial charge in [0.15, 0.2) is 0 Å². The van der Waals surface area contributed by atoms with E-state index in [1.807, 2.05) is 13.0 Å². The predicted molar refractivity (Wildman–Crippen MR) is 88.4 cm³/mol. The van der Waals surface area contributed by atoms with Crippen LogP contribution in [0.3, 0.4) is 0 Å². The van der Waals surface area contributed by atoms with Gasteiger partial charge < -0.3 is 0 Å². The normalized spacial score (nSPS) is 11.5. The molecule has 0 rings (SSSR count). The summed E-state index contributed by atoms with van der Waals surface area (Å²) in [6, 6.07) is 0. The Hall–Kier alpha value is -0.260. The van der Waals surface area contributed by atoms with Crippen LogP contribution in [0.15, 0.2) is 12.2 Å².